The fourth-order valence-corrected chi connectivity index (χ4v) is 1.61. The molecule has 0 bridgehead atoms. The van der Waals surface area contributed by atoms with Crippen LogP contribution in [-0.2, 0) is 9.59 Å². The van der Waals surface area contributed by atoms with E-state index in [-0.39, 0.29) is 11.8 Å². The highest BCUT2D eigenvalue weighted by Crippen LogP contribution is 2.25. The normalized spacial score (nSPS) is 10.3. The van der Waals surface area contributed by atoms with E-state index in [1.807, 2.05) is 32.0 Å². The minimum atomic E-state index is -0.0689. The summed E-state index contributed by atoms with van der Waals surface area (Å²) in [6.07, 6.45) is 0.470. The third-order valence-corrected chi connectivity index (χ3v) is 2.61. The van der Waals surface area contributed by atoms with Crippen LogP contribution in [0.15, 0.2) is 24.3 Å². The number of anilines is 2. The Labute approximate surface area is 108 Å². The van der Waals surface area contributed by atoms with Crippen LogP contribution in [0.3, 0.4) is 0 Å². The van der Waals surface area contributed by atoms with Gasteiger partial charge in [-0.1, -0.05) is 26.0 Å². The molecular formula is C14H20N2O2. The molecule has 0 fully saturated rings. The molecule has 0 unspecified atom stereocenters. The lowest BCUT2D eigenvalue weighted by Gasteiger charge is -2.19. The van der Waals surface area contributed by atoms with E-state index in [4.69, 9.17) is 0 Å². The number of para-hydroxylation sites is 2. The van der Waals surface area contributed by atoms with E-state index in [2.05, 4.69) is 5.32 Å². The number of benzene rings is 1. The van der Waals surface area contributed by atoms with E-state index >= 15 is 0 Å². The molecule has 1 rings (SSSR count). The van der Waals surface area contributed by atoms with Crippen LogP contribution in [0.4, 0.5) is 11.4 Å². The van der Waals surface area contributed by atoms with Gasteiger partial charge in [0.25, 0.3) is 0 Å². The van der Waals surface area contributed by atoms with E-state index in [1.165, 1.54) is 11.8 Å². The summed E-state index contributed by atoms with van der Waals surface area (Å²) in [5, 5.41) is 2.84. The lowest BCUT2D eigenvalue weighted by atomic mass is 10.1. The Morgan fingerprint density at radius 2 is 1.89 bits per heavy atom. The van der Waals surface area contributed by atoms with E-state index < -0.39 is 0 Å². The number of amides is 2. The molecule has 0 aliphatic rings. The van der Waals surface area contributed by atoms with Crippen molar-refractivity contribution in [1.82, 2.24) is 0 Å². The zero-order valence-corrected chi connectivity index (χ0v) is 11.4. The molecule has 4 heteroatoms. The third kappa shape index (κ3) is 3.87. The number of carbonyl (C=O) groups is 2. The van der Waals surface area contributed by atoms with E-state index in [9.17, 15) is 9.59 Å². The molecule has 4 nitrogen and oxygen atoms in total. The molecule has 18 heavy (non-hydrogen) atoms. The van der Waals surface area contributed by atoms with Gasteiger partial charge in [0.2, 0.25) is 11.8 Å². The summed E-state index contributed by atoms with van der Waals surface area (Å²) in [6, 6.07) is 7.29. The fraction of sp³-hybridized carbons (Fsp3) is 0.429. The predicted octanol–water partition coefficient (Wildman–Crippen LogP) is 2.65. The summed E-state index contributed by atoms with van der Waals surface area (Å²) in [5.41, 5.74) is 1.38. The van der Waals surface area contributed by atoms with Crippen molar-refractivity contribution < 1.29 is 9.59 Å². The summed E-state index contributed by atoms with van der Waals surface area (Å²) < 4.78 is 0. The van der Waals surface area contributed by atoms with Crippen molar-refractivity contribution in [1.29, 1.82) is 0 Å². The molecule has 1 aromatic rings. The Morgan fingerprint density at radius 3 is 2.44 bits per heavy atom. The summed E-state index contributed by atoms with van der Waals surface area (Å²) in [6.45, 7) is 5.48. The number of hydrogen-bond donors (Lipinski definition) is 1. The van der Waals surface area contributed by atoms with Crippen LogP contribution in [0, 0.1) is 5.92 Å². The van der Waals surface area contributed by atoms with Crippen LogP contribution >= 0.6 is 0 Å². The third-order valence-electron chi connectivity index (χ3n) is 2.61. The van der Waals surface area contributed by atoms with E-state index in [0.29, 0.717) is 23.7 Å². The smallest absolute Gasteiger partial charge is 0.224 e. The fourth-order valence-electron chi connectivity index (χ4n) is 1.61. The quantitative estimate of drug-likeness (QED) is 0.890. The summed E-state index contributed by atoms with van der Waals surface area (Å²) in [7, 11) is 1.69. The van der Waals surface area contributed by atoms with Gasteiger partial charge in [-0.15, -0.1) is 0 Å². The molecule has 0 saturated heterocycles. The zero-order chi connectivity index (χ0) is 13.7. The number of hydrogen-bond acceptors (Lipinski definition) is 2. The van der Waals surface area contributed by atoms with Crippen molar-refractivity contribution in [3.63, 3.8) is 0 Å². The van der Waals surface area contributed by atoms with Gasteiger partial charge in [0.05, 0.1) is 11.4 Å². The predicted molar refractivity (Wildman–Crippen MR) is 73.6 cm³/mol. The first-order valence-corrected chi connectivity index (χ1v) is 6.05. The Bertz CT molecular complexity index is 441. The molecule has 0 heterocycles. The van der Waals surface area contributed by atoms with Crippen molar-refractivity contribution in [2.75, 3.05) is 17.3 Å². The van der Waals surface area contributed by atoms with Gasteiger partial charge in [-0.25, -0.2) is 0 Å². The topological polar surface area (TPSA) is 49.4 Å². The van der Waals surface area contributed by atoms with Gasteiger partial charge in [0, 0.05) is 20.4 Å². The van der Waals surface area contributed by atoms with Crippen molar-refractivity contribution >= 4 is 23.2 Å². The van der Waals surface area contributed by atoms with Gasteiger partial charge in [-0.3, -0.25) is 9.59 Å². The molecule has 1 N–H and O–H groups in total. The first-order valence-electron chi connectivity index (χ1n) is 6.05. The summed E-state index contributed by atoms with van der Waals surface area (Å²) in [5.74, 6) is 0.206. The second-order valence-corrected chi connectivity index (χ2v) is 4.74. The monoisotopic (exact) mass is 248 g/mol. The minimum absolute atomic E-state index is 0.0330. The average molecular weight is 248 g/mol. The van der Waals surface area contributed by atoms with Crippen LogP contribution in [0.2, 0.25) is 0 Å². The first-order chi connectivity index (χ1) is 8.41. The van der Waals surface area contributed by atoms with E-state index in [0.717, 1.165) is 0 Å². The van der Waals surface area contributed by atoms with Crippen LogP contribution in [0.1, 0.15) is 27.2 Å². The lowest BCUT2D eigenvalue weighted by Crippen LogP contribution is -2.25. The van der Waals surface area contributed by atoms with Crippen molar-refractivity contribution in [3.8, 4) is 0 Å². The molecule has 1 aromatic carbocycles. The maximum atomic E-state index is 11.8. The van der Waals surface area contributed by atoms with Gasteiger partial charge in [0.1, 0.15) is 0 Å². The molecular weight excluding hydrogens is 228 g/mol. The second kappa shape index (κ2) is 6.19. The summed E-state index contributed by atoms with van der Waals surface area (Å²) >= 11 is 0. The van der Waals surface area contributed by atoms with Gasteiger partial charge in [-0.2, -0.15) is 0 Å². The molecule has 2 amide bonds. The largest absolute Gasteiger partial charge is 0.324 e. The highest BCUT2D eigenvalue weighted by Gasteiger charge is 2.12. The van der Waals surface area contributed by atoms with Crippen LogP contribution < -0.4 is 10.2 Å². The molecule has 0 radical (unpaired) electrons. The Kier molecular flexibility index (Phi) is 4.89. The van der Waals surface area contributed by atoms with Crippen molar-refractivity contribution in [3.05, 3.63) is 24.3 Å². The molecule has 0 aliphatic heterocycles. The highest BCUT2D eigenvalue weighted by atomic mass is 16.2. The maximum absolute atomic E-state index is 11.8. The molecule has 0 aromatic heterocycles. The highest BCUT2D eigenvalue weighted by molar-refractivity contribution is 5.99. The van der Waals surface area contributed by atoms with Crippen molar-refractivity contribution in [2.45, 2.75) is 27.2 Å². The first kappa shape index (κ1) is 14.2. The van der Waals surface area contributed by atoms with Gasteiger partial charge < -0.3 is 10.2 Å². The maximum Gasteiger partial charge on any atom is 0.224 e. The number of nitrogens with one attached hydrogen (secondary N) is 1. The van der Waals surface area contributed by atoms with Crippen LogP contribution in [0.25, 0.3) is 0 Å². The minimum Gasteiger partial charge on any atom is -0.324 e. The van der Waals surface area contributed by atoms with Crippen molar-refractivity contribution in [2.24, 2.45) is 5.92 Å². The summed E-state index contributed by atoms with van der Waals surface area (Å²) in [4.78, 5) is 24.6. The van der Waals surface area contributed by atoms with Gasteiger partial charge >= 0.3 is 0 Å². The average Bonchev–Trinajstić information content (AvgIpc) is 2.27. The number of carbonyl (C=O) groups excluding carboxylic acids is 2. The number of rotatable bonds is 4. The van der Waals surface area contributed by atoms with E-state index in [1.54, 1.807) is 13.1 Å². The Balaban J connectivity index is 2.89. The second-order valence-electron chi connectivity index (χ2n) is 4.74. The molecule has 0 aliphatic carbocycles. The lowest BCUT2D eigenvalue weighted by molar-refractivity contribution is -0.117. The van der Waals surface area contributed by atoms with Gasteiger partial charge in [0.15, 0.2) is 0 Å². The zero-order valence-electron chi connectivity index (χ0n) is 11.4. The SMILES string of the molecule is CC(=O)N(C)c1ccccc1NC(=O)CC(C)C. The molecule has 98 valence electrons. The molecule has 0 spiro atoms. The standard InChI is InChI=1S/C14H20N2O2/c1-10(2)9-14(18)15-12-7-5-6-8-13(12)16(4)11(3)17/h5-8,10H,9H2,1-4H3,(H,15,18). The Hall–Kier alpha value is -1.84. The van der Waals surface area contributed by atoms with Gasteiger partial charge in [-0.05, 0) is 18.1 Å². The molecule has 0 atom stereocenters. The van der Waals surface area contributed by atoms with Crippen LogP contribution in [-0.4, -0.2) is 18.9 Å². The Morgan fingerprint density at radius 1 is 1.28 bits per heavy atom. The molecule has 0 saturated carbocycles. The van der Waals surface area contributed by atoms with Crippen LogP contribution in [0.5, 0.6) is 0 Å². The number of nitrogens with zero attached hydrogens (tertiary/aromatic N) is 1.